The molecule has 1 unspecified atom stereocenters. The highest BCUT2D eigenvalue weighted by atomic mass is 16.3. The van der Waals surface area contributed by atoms with Crippen LogP contribution in [0.1, 0.15) is 63.2 Å². The summed E-state index contributed by atoms with van der Waals surface area (Å²) in [6, 6.07) is 8.47. The van der Waals surface area contributed by atoms with Crippen molar-refractivity contribution in [1.82, 2.24) is 5.32 Å². The molecule has 1 saturated carbocycles. The first-order chi connectivity index (χ1) is 8.46. The minimum atomic E-state index is -0.413. The van der Waals surface area contributed by atoms with E-state index >= 15 is 0 Å². The maximum atomic E-state index is 10.2. The van der Waals surface area contributed by atoms with Gasteiger partial charge in [0, 0.05) is 12.1 Å². The monoisotopic (exact) mass is 247 g/mol. The van der Waals surface area contributed by atoms with Gasteiger partial charge >= 0.3 is 0 Å². The van der Waals surface area contributed by atoms with Crippen molar-refractivity contribution in [3.8, 4) is 0 Å². The number of β-amino-alcohol motifs (C(OH)–C–C–N with tert-alkyl or cyclic N) is 1. The van der Waals surface area contributed by atoms with Gasteiger partial charge in [0.15, 0.2) is 0 Å². The molecule has 0 saturated heterocycles. The smallest absolute Gasteiger partial charge is 0.0914 e. The van der Waals surface area contributed by atoms with Crippen LogP contribution in [-0.2, 0) is 0 Å². The first kappa shape index (κ1) is 13.6. The summed E-state index contributed by atoms with van der Waals surface area (Å²) in [5.41, 5.74) is 2.48. The van der Waals surface area contributed by atoms with Crippen LogP contribution < -0.4 is 5.32 Å². The largest absolute Gasteiger partial charge is 0.387 e. The molecule has 0 aromatic heterocycles. The Morgan fingerprint density at radius 3 is 2.61 bits per heavy atom. The van der Waals surface area contributed by atoms with E-state index < -0.39 is 6.10 Å². The van der Waals surface area contributed by atoms with E-state index in [9.17, 15) is 5.11 Å². The predicted molar refractivity (Wildman–Crippen MR) is 75.7 cm³/mol. The molecule has 2 heteroatoms. The minimum Gasteiger partial charge on any atom is -0.387 e. The molecule has 0 bridgehead atoms. The van der Waals surface area contributed by atoms with Crippen LogP contribution in [0.3, 0.4) is 0 Å². The maximum absolute atomic E-state index is 10.2. The summed E-state index contributed by atoms with van der Waals surface area (Å²) in [7, 11) is 0. The van der Waals surface area contributed by atoms with Crippen LogP contribution in [0.2, 0.25) is 0 Å². The molecule has 2 N–H and O–H groups in total. The van der Waals surface area contributed by atoms with E-state index in [1.165, 1.54) is 24.8 Å². The zero-order valence-electron chi connectivity index (χ0n) is 11.7. The number of hydrogen-bond acceptors (Lipinski definition) is 2. The first-order valence-electron chi connectivity index (χ1n) is 6.99. The molecule has 2 nitrogen and oxygen atoms in total. The van der Waals surface area contributed by atoms with E-state index in [1.54, 1.807) is 0 Å². The molecule has 0 heterocycles. The van der Waals surface area contributed by atoms with Gasteiger partial charge in [-0.1, -0.05) is 30.7 Å². The lowest BCUT2D eigenvalue weighted by Crippen LogP contribution is -2.38. The van der Waals surface area contributed by atoms with Crippen LogP contribution in [0.25, 0.3) is 0 Å². The molecule has 0 aliphatic heterocycles. The predicted octanol–water partition coefficient (Wildman–Crippen LogP) is 3.38. The maximum Gasteiger partial charge on any atom is 0.0914 e. The molecule has 100 valence electrons. The van der Waals surface area contributed by atoms with Gasteiger partial charge < -0.3 is 10.4 Å². The van der Waals surface area contributed by atoms with Crippen molar-refractivity contribution >= 4 is 0 Å². The van der Waals surface area contributed by atoms with Crippen molar-refractivity contribution in [2.24, 2.45) is 0 Å². The van der Waals surface area contributed by atoms with E-state index in [0.29, 0.717) is 6.54 Å². The van der Waals surface area contributed by atoms with Crippen LogP contribution in [0.15, 0.2) is 24.3 Å². The van der Waals surface area contributed by atoms with Gasteiger partial charge in [-0.05, 0) is 50.7 Å². The Morgan fingerprint density at radius 1 is 1.33 bits per heavy atom. The van der Waals surface area contributed by atoms with Gasteiger partial charge in [-0.25, -0.2) is 0 Å². The van der Waals surface area contributed by atoms with Crippen LogP contribution >= 0.6 is 0 Å². The molecule has 1 atom stereocenters. The summed E-state index contributed by atoms with van der Waals surface area (Å²) in [5.74, 6) is 0.729. The highest BCUT2D eigenvalue weighted by Crippen LogP contribution is 2.36. The molecule has 1 aromatic carbocycles. The summed E-state index contributed by atoms with van der Waals surface area (Å²) >= 11 is 0. The van der Waals surface area contributed by atoms with Gasteiger partial charge in [-0.3, -0.25) is 0 Å². The van der Waals surface area contributed by atoms with Crippen molar-refractivity contribution in [3.63, 3.8) is 0 Å². The summed E-state index contributed by atoms with van der Waals surface area (Å²) < 4.78 is 0. The van der Waals surface area contributed by atoms with Crippen LogP contribution in [0.5, 0.6) is 0 Å². The molecule has 0 spiro atoms. The van der Waals surface area contributed by atoms with Gasteiger partial charge in [0.2, 0.25) is 0 Å². The average molecular weight is 247 g/mol. The van der Waals surface area contributed by atoms with Crippen LogP contribution in [0, 0.1) is 0 Å². The highest BCUT2D eigenvalue weighted by molar-refractivity contribution is 5.29. The number of aliphatic hydroxyl groups excluding tert-OH is 1. The molecule has 18 heavy (non-hydrogen) atoms. The average Bonchev–Trinajstić information content (AvgIpc) is 2.23. The standard InChI is InChI=1S/C16H25NO/c1-16(2,3)17-11-15(18)14-9-5-8-13(10-14)12-6-4-7-12/h5,8-10,12,15,17-18H,4,6-7,11H2,1-3H3. The second kappa shape index (κ2) is 5.41. The summed E-state index contributed by atoms with van der Waals surface area (Å²) in [4.78, 5) is 0. The van der Waals surface area contributed by atoms with E-state index in [1.807, 2.05) is 6.07 Å². The Hall–Kier alpha value is -0.860. The summed E-state index contributed by atoms with van der Waals surface area (Å²) in [6.45, 7) is 6.96. The van der Waals surface area contributed by atoms with E-state index in [0.717, 1.165) is 11.5 Å². The SMILES string of the molecule is CC(C)(C)NCC(O)c1cccc(C2CCC2)c1. The third-order valence-corrected chi connectivity index (χ3v) is 3.70. The van der Waals surface area contributed by atoms with Gasteiger partial charge in [-0.15, -0.1) is 0 Å². The van der Waals surface area contributed by atoms with Crippen molar-refractivity contribution in [3.05, 3.63) is 35.4 Å². The molecule has 1 aliphatic rings. The minimum absolute atomic E-state index is 0.0482. The number of nitrogens with one attached hydrogen (secondary N) is 1. The van der Waals surface area contributed by atoms with E-state index in [-0.39, 0.29) is 5.54 Å². The fraction of sp³-hybridized carbons (Fsp3) is 0.625. The topological polar surface area (TPSA) is 32.3 Å². The Balaban J connectivity index is 1.98. The summed E-state index contributed by atoms with van der Waals surface area (Å²) in [6.07, 6.45) is 3.55. The lowest BCUT2D eigenvalue weighted by molar-refractivity contribution is 0.163. The highest BCUT2D eigenvalue weighted by Gasteiger charge is 2.20. The molecule has 1 aliphatic carbocycles. The normalized spacial score (nSPS) is 18.4. The number of benzene rings is 1. The van der Waals surface area contributed by atoms with E-state index in [4.69, 9.17) is 0 Å². The molecule has 2 rings (SSSR count). The number of hydrogen-bond donors (Lipinski definition) is 2. The fourth-order valence-corrected chi connectivity index (χ4v) is 2.28. The molecule has 0 amide bonds. The molecular weight excluding hydrogens is 222 g/mol. The van der Waals surface area contributed by atoms with Crippen molar-refractivity contribution < 1.29 is 5.11 Å². The van der Waals surface area contributed by atoms with Gasteiger partial charge in [-0.2, -0.15) is 0 Å². The van der Waals surface area contributed by atoms with Crippen molar-refractivity contribution in [2.45, 2.75) is 57.6 Å². The fourth-order valence-electron chi connectivity index (χ4n) is 2.28. The third kappa shape index (κ3) is 3.56. The van der Waals surface area contributed by atoms with Gasteiger partial charge in [0.1, 0.15) is 0 Å². The Labute approximate surface area is 110 Å². The zero-order chi connectivity index (χ0) is 13.2. The van der Waals surface area contributed by atoms with Crippen molar-refractivity contribution in [1.29, 1.82) is 0 Å². The molecule has 1 aromatic rings. The second-order valence-electron chi connectivity index (χ2n) is 6.44. The molecular formula is C16H25NO. The van der Waals surface area contributed by atoms with Crippen molar-refractivity contribution in [2.75, 3.05) is 6.54 Å². The first-order valence-corrected chi connectivity index (χ1v) is 6.99. The third-order valence-electron chi connectivity index (χ3n) is 3.70. The van der Waals surface area contributed by atoms with Gasteiger partial charge in [0.05, 0.1) is 6.10 Å². The molecule has 0 radical (unpaired) electrons. The number of aliphatic hydroxyl groups is 1. The Bertz CT molecular complexity index is 390. The lowest BCUT2D eigenvalue weighted by Gasteiger charge is -2.27. The van der Waals surface area contributed by atoms with E-state index in [2.05, 4.69) is 44.3 Å². The second-order valence-corrected chi connectivity index (χ2v) is 6.44. The molecule has 1 fully saturated rings. The lowest BCUT2D eigenvalue weighted by atomic mass is 9.79. The Morgan fingerprint density at radius 2 is 2.06 bits per heavy atom. The quantitative estimate of drug-likeness (QED) is 0.855. The Kier molecular flexibility index (Phi) is 4.08. The number of rotatable bonds is 4. The van der Waals surface area contributed by atoms with Gasteiger partial charge in [0.25, 0.3) is 0 Å². The zero-order valence-corrected chi connectivity index (χ0v) is 11.7. The van der Waals surface area contributed by atoms with Crippen LogP contribution in [-0.4, -0.2) is 17.2 Å². The van der Waals surface area contributed by atoms with Crippen LogP contribution in [0.4, 0.5) is 0 Å². The summed E-state index contributed by atoms with van der Waals surface area (Å²) in [5, 5.41) is 13.6.